The molecule has 3 aromatic carbocycles. The van der Waals surface area contributed by atoms with Crippen molar-refractivity contribution in [3.05, 3.63) is 72.8 Å². The van der Waals surface area contributed by atoms with E-state index in [0.717, 1.165) is 23.7 Å². The Morgan fingerprint density at radius 1 is 0.393 bits per heavy atom. The Balaban J connectivity index is 1.74. The smallest absolute Gasteiger partial charge is 0.136 e. The predicted molar refractivity (Wildman–Crippen MR) is 251 cm³/mol. The van der Waals surface area contributed by atoms with Crippen molar-refractivity contribution in [1.82, 2.24) is 0 Å². The van der Waals surface area contributed by atoms with Crippen LogP contribution in [0.1, 0.15) is 158 Å². The van der Waals surface area contributed by atoms with Crippen LogP contribution in [0.15, 0.2) is 72.8 Å². The molecule has 0 heterocycles. The molecule has 0 fully saturated rings. The average Bonchev–Trinajstić information content (AvgIpc) is 3.25. The fraction of sp³-hybridized carbons (Fsp3) is 0.654. The highest BCUT2D eigenvalue weighted by molar-refractivity contribution is 5.66. The van der Waals surface area contributed by atoms with Crippen LogP contribution in [0, 0.1) is 23.7 Å². The molecule has 3 aromatic rings. The SMILES string of the molecule is CCCCC(CC)CN(CC(CC)CCCC)c1ccc(N(C)c2ccc([NH+](C)c3ccc(N(CC(CC)CCCC)CC(CC)CCCC)cc3)cc2)cc1. The number of benzene rings is 3. The van der Waals surface area contributed by atoms with Crippen LogP contribution in [0.2, 0.25) is 0 Å². The van der Waals surface area contributed by atoms with Crippen LogP contribution in [0.5, 0.6) is 0 Å². The lowest BCUT2D eigenvalue weighted by Crippen LogP contribution is -2.98. The van der Waals surface area contributed by atoms with E-state index >= 15 is 0 Å². The van der Waals surface area contributed by atoms with Crippen molar-refractivity contribution in [3.63, 3.8) is 0 Å². The molecule has 0 radical (unpaired) electrons. The van der Waals surface area contributed by atoms with Gasteiger partial charge in [0.2, 0.25) is 0 Å². The zero-order valence-corrected chi connectivity index (χ0v) is 38.2. The van der Waals surface area contributed by atoms with E-state index < -0.39 is 0 Å². The van der Waals surface area contributed by atoms with Gasteiger partial charge in [-0.15, -0.1) is 0 Å². The molecule has 4 nitrogen and oxygen atoms in total. The summed E-state index contributed by atoms with van der Waals surface area (Å²) < 4.78 is 0. The molecule has 0 aliphatic carbocycles. The van der Waals surface area contributed by atoms with Crippen molar-refractivity contribution < 1.29 is 4.90 Å². The summed E-state index contributed by atoms with van der Waals surface area (Å²) in [7, 11) is 4.48. The molecule has 5 unspecified atom stereocenters. The van der Waals surface area contributed by atoms with E-state index in [4.69, 9.17) is 0 Å². The van der Waals surface area contributed by atoms with E-state index in [9.17, 15) is 0 Å². The Hall–Kier alpha value is -2.98. The van der Waals surface area contributed by atoms with Crippen LogP contribution >= 0.6 is 0 Å². The van der Waals surface area contributed by atoms with Crippen LogP contribution in [0.3, 0.4) is 0 Å². The molecular weight excluding hydrogens is 681 g/mol. The van der Waals surface area contributed by atoms with Crippen molar-refractivity contribution in [2.24, 2.45) is 23.7 Å². The van der Waals surface area contributed by atoms with E-state index in [-0.39, 0.29) is 0 Å². The summed E-state index contributed by atoms with van der Waals surface area (Å²) >= 11 is 0. The minimum Gasteiger partial charge on any atom is -0.371 e. The average molecular weight is 768 g/mol. The first-order valence-electron chi connectivity index (χ1n) is 23.6. The molecule has 1 N–H and O–H groups in total. The lowest BCUT2D eigenvalue weighted by atomic mass is 9.95. The molecule has 0 aliphatic heterocycles. The molecule has 56 heavy (non-hydrogen) atoms. The van der Waals surface area contributed by atoms with Crippen molar-refractivity contribution in [1.29, 1.82) is 0 Å². The number of quaternary nitrogens is 1. The highest BCUT2D eigenvalue weighted by Crippen LogP contribution is 2.30. The second-order valence-corrected chi connectivity index (χ2v) is 17.3. The van der Waals surface area contributed by atoms with E-state index in [1.807, 2.05) is 0 Å². The van der Waals surface area contributed by atoms with E-state index in [0.29, 0.717) is 0 Å². The summed E-state index contributed by atoms with van der Waals surface area (Å²) in [5.41, 5.74) is 7.82. The van der Waals surface area contributed by atoms with Crippen LogP contribution < -0.4 is 19.6 Å². The van der Waals surface area contributed by atoms with Crippen LogP contribution in [-0.2, 0) is 0 Å². The Bertz CT molecular complexity index is 1260. The molecule has 0 bridgehead atoms. The Morgan fingerprint density at radius 2 is 0.643 bits per heavy atom. The van der Waals surface area contributed by atoms with Crippen molar-refractivity contribution in [3.8, 4) is 0 Å². The summed E-state index contributed by atoms with van der Waals surface area (Å²) in [6.45, 7) is 23.5. The zero-order chi connectivity index (χ0) is 40.7. The third-order valence-electron chi connectivity index (χ3n) is 13.0. The predicted octanol–water partition coefficient (Wildman–Crippen LogP) is 14.4. The summed E-state index contributed by atoms with van der Waals surface area (Å²) in [5.74, 6) is 3.04. The molecule has 3 rings (SSSR count). The van der Waals surface area contributed by atoms with Gasteiger partial charge in [0.05, 0.1) is 7.05 Å². The van der Waals surface area contributed by atoms with E-state index in [2.05, 4.69) is 157 Å². The molecule has 0 amide bonds. The number of unbranched alkanes of at least 4 members (excludes halogenated alkanes) is 4. The molecule has 4 heteroatoms. The van der Waals surface area contributed by atoms with Gasteiger partial charge in [-0.1, -0.05) is 132 Å². The van der Waals surface area contributed by atoms with Gasteiger partial charge in [0, 0.05) is 80.2 Å². The van der Waals surface area contributed by atoms with E-state index in [1.165, 1.54) is 168 Å². The maximum atomic E-state index is 2.73. The van der Waals surface area contributed by atoms with Gasteiger partial charge in [-0.05, 0) is 97.9 Å². The maximum absolute atomic E-state index is 2.73. The molecule has 0 spiro atoms. The second-order valence-electron chi connectivity index (χ2n) is 17.3. The summed E-state index contributed by atoms with van der Waals surface area (Å²) in [6.07, 6.45) is 20.9. The van der Waals surface area contributed by atoms with Crippen molar-refractivity contribution >= 4 is 34.1 Å². The van der Waals surface area contributed by atoms with Gasteiger partial charge in [0.15, 0.2) is 0 Å². The summed E-state index contributed by atoms with van der Waals surface area (Å²) in [5, 5.41) is 0. The van der Waals surface area contributed by atoms with E-state index in [1.54, 1.807) is 0 Å². The number of anilines is 4. The zero-order valence-electron chi connectivity index (χ0n) is 38.2. The Labute approximate surface area is 347 Å². The normalized spacial score (nSPS) is 14.2. The monoisotopic (exact) mass is 768 g/mol. The number of rotatable bonds is 30. The fourth-order valence-electron chi connectivity index (χ4n) is 8.55. The van der Waals surface area contributed by atoms with Crippen LogP contribution in [0.25, 0.3) is 0 Å². The molecule has 314 valence electrons. The standard InChI is InChI=1S/C52H86N4/c1-11-19-23-43(15-5)39-55(40-44(16-6)24-20-12-2)51-35-31-49(32-36-51)53(9)47-27-29-48(30-28-47)54(10)50-33-37-52(38-34-50)56(41-45(17-7)25-21-13-3)42-46(18-8)26-22-14-4/h27-38,43-46H,11-26,39-42H2,1-10H3/p+1. The molecular formula is C52H87N4+. The Kier molecular flexibility index (Phi) is 22.7. The van der Waals surface area contributed by atoms with Gasteiger partial charge in [0.25, 0.3) is 0 Å². The third-order valence-corrected chi connectivity index (χ3v) is 13.0. The summed E-state index contributed by atoms with van der Waals surface area (Å²) in [4.78, 5) is 9.11. The van der Waals surface area contributed by atoms with Crippen LogP contribution in [-0.4, -0.2) is 40.3 Å². The van der Waals surface area contributed by atoms with Gasteiger partial charge in [-0.25, -0.2) is 0 Å². The topological polar surface area (TPSA) is 14.2 Å². The lowest BCUT2D eigenvalue weighted by molar-refractivity contribution is -0.735. The quantitative estimate of drug-likeness (QED) is 0.0727. The third kappa shape index (κ3) is 15.4. The van der Waals surface area contributed by atoms with Gasteiger partial charge >= 0.3 is 0 Å². The van der Waals surface area contributed by atoms with Crippen LogP contribution in [0.4, 0.5) is 34.1 Å². The van der Waals surface area contributed by atoms with Gasteiger partial charge in [0.1, 0.15) is 11.4 Å². The first-order chi connectivity index (χ1) is 27.2. The second kappa shape index (κ2) is 26.8. The van der Waals surface area contributed by atoms with Crippen molar-refractivity contribution in [2.45, 2.75) is 158 Å². The Morgan fingerprint density at radius 3 is 0.911 bits per heavy atom. The lowest BCUT2D eigenvalue weighted by Gasteiger charge is -2.33. The minimum atomic E-state index is 0.759. The number of hydrogen-bond acceptors (Lipinski definition) is 3. The molecule has 0 aromatic heterocycles. The molecule has 0 aliphatic rings. The van der Waals surface area contributed by atoms with Crippen molar-refractivity contribution in [2.75, 3.05) is 55.0 Å². The fourth-order valence-corrected chi connectivity index (χ4v) is 8.55. The first-order valence-corrected chi connectivity index (χ1v) is 23.6. The van der Waals surface area contributed by atoms with Gasteiger partial charge in [-0.2, -0.15) is 0 Å². The highest BCUT2D eigenvalue weighted by Gasteiger charge is 2.21. The first kappa shape index (κ1) is 47.4. The minimum absolute atomic E-state index is 0.759. The number of nitrogens with one attached hydrogen (secondary N) is 1. The molecule has 5 atom stereocenters. The molecule has 0 saturated heterocycles. The molecule has 0 saturated carbocycles. The highest BCUT2D eigenvalue weighted by atomic mass is 15.1. The van der Waals surface area contributed by atoms with Gasteiger partial charge < -0.3 is 14.7 Å². The van der Waals surface area contributed by atoms with Gasteiger partial charge in [-0.3, -0.25) is 4.90 Å². The largest absolute Gasteiger partial charge is 0.371 e. The number of hydrogen-bond donors (Lipinski definition) is 1. The maximum Gasteiger partial charge on any atom is 0.136 e. The number of nitrogens with zero attached hydrogens (tertiary/aromatic N) is 3. The summed E-state index contributed by atoms with van der Waals surface area (Å²) in [6, 6.07) is 28.1.